The number of rotatable bonds is 4. The lowest BCUT2D eigenvalue weighted by Gasteiger charge is -2.07. The van der Waals surface area contributed by atoms with Crippen molar-refractivity contribution in [2.24, 2.45) is 5.73 Å². The summed E-state index contributed by atoms with van der Waals surface area (Å²) in [6.45, 7) is 0.782. The van der Waals surface area contributed by atoms with Crippen molar-refractivity contribution < 1.29 is 18.0 Å². The predicted molar refractivity (Wildman–Crippen MR) is 64.0 cm³/mol. The number of hydrogen-bond donors (Lipinski definition) is 2. The number of pyridine rings is 1. The minimum Gasteiger partial charge on any atom is -0.352 e. The summed E-state index contributed by atoms with van der Waals surface area (Å²) in [6, 6.07) is 2.70. The topological polar surface area (TPSA) is 85.3 Å². The summed E-state index contributed by atoms with van der Waals surface area (Å²) >= 11 is 0. The van der Waals surface area contributed by atoms with Crippen LogP contribution < -0.4 is 11.1 Å². The van der Waals surface area contributed by atoms with E-state index in [9.17, 15) is 18.0 Å². The first-order valence-corrected chi connectivity index (χ1v) is 5.83. The molecule has 2 rings (SSSR count). The van der Waals surface area contributed by atoms with Gasteiger partial charge in [0.2, 0.25) is 5.82 Å². The smallest absolute Gasteiger partial charge is 0.352 e. The molecule has 2 heterocycles. The largest absolute Gasteiger partial charge is 0.452 e. The fourth-order valence-corrected chi connectivity index (χ4v) is 1.62. The zero-order valence-corrected chi connectivity index (χ0v) is 10.3. The molecule has 3 N–H and O–H groups in total. The van der Waals surface area contributed by atoms with Gasteiger partial charge in [0.15, 0.2) is 5.65 Å². The monoisotopic (exact) mass is 287 g/mol. The molecule has 9 heteroatoms. The van der Waals surface area contributed by atoms with E-state index in [0.717, 1.165) is 10.6 Å². The molecule has 0 radical (unpaired) electrons. The fraction of sp³-hybridized carbons (Fsp3) is 0.364. The van der Waals surface area contributed by atoms with Crippen LogP contribution >= 0.6 is 0 Å². The molecule has 0 bridgehead atoms. The maximum atomic E-state index is 12.7. The molecule has 1 amide bonds. The zero-order chi connectivity index (χ0) is 14.8. The Morgan fingerprint density at radius 1 is 1.35 bits per heavy atom. The molecule has 2 aromatic rings. The summed E-state index contributed by atoms with van der Waals surface area (Å²) in [6.07, 6.45) is -2.97. The van der Waals surface area contributed by atoms with Crippen molar-refractivity contribution in [2.75, 3.05) is 13.1 Å². The number of halogens is 3. The van der Waals surface area contributed by atoms with E-state index in [2.05, 4.69) is 15.5 Å². The van der Waals surface area contributed by atoms with Crippen LogP contribution in [0.5, 0.6) is 0 Å². The molecular weight excluding hydrogens is 275 g/mol. The molecule has 0 aromatic carbocycles. The van der Waals surface area contributed by atoms with Crippen molar-refractivity contribution in [3.63, 3.8) is 0 Å². The van der Waals surface area contributed by atoms with Crippen LogP contribution in [0, 0.1) is 0 Å². The van der Waals surface area contributed by atoms with Gasteiger partial charge >= 0.3 is 6.18 Å². The highest BCUT2D eigenvalue weighted by Gasteiger charge is 2.37. The maximum Gasteiger partial charge on any atom is 0.452 e. The standard InChI is InChI=1S/C11H12F3N5O/c12-11(13,14)10-18-17-8-3-2-7(6-19(8)10)9(20)16-5-1-4-15/h2-3,6H,1,4-5,15H2,(H,16,20). The SMILES string of the molecule is NCCCNC(=O)c1ccc2nnc(C(F)(F)F)n2c1. The Bertz CT molecular complexity index is 622. The van der Waals surface area contributed by atoms with Gasteiger partial charge in [0.1, 0.15) is 0 Å². The average molecular weight is 287 g/mol. The third kappa shape index (κ3) is 2.87. The highest BCUT2D eigenvalue weighted by Crippen LogP contribution is 2.27. The second kappa shape index (κ2) is 5.45. The van der Waals surface area contributed by atoms with Crippen molar-refractivity contribution in [1.29, 1.82) is 0 Å². The van der Waals surface area contributed by atoms with E-state index in [1.807, 2.05) is 0 Å². The average Bonchev–Trinajstić information content (AvgIpc) is 2.81. The number of amides is 1. The molecule has 0 aliphatic carbocycles. The number of nitrogens with two attached hydrogens (primary N) is 1. The van der Waals surface area contributed by atoms with Crippen molar-refractivity contribution >= 4 is 11.6 Å². The number of carbonyl (C=O) groups excluding carboxylic acids is 1. The van der Waals surface area contributed by atoms with E-state index < -0.39 is 17.9 Å². The van der Waals surface area contributed by atoms with Gasteiger partial charge in [0, 0.05) is 12.7 Å². The maximum absolute atomic E-state index is 12.7. The molecule has 108 valence electrons. The van der Waals surface area contributed by atoms with Crippen LogP contribution in [-0.2, 0) is 6.18 Å². The second-order valence-corrected chi connectivity index (χ2v) is 4.07. The summed E-state index contributed by atoms with van der Waals surface area (Å²) in [4.78, 5) is 11.8. The van der Waals surface area contributed by atoms with Crippen molar-refractivity contribution in [2.45, 2.75) is 12.6 Å². The lowest BCUT2D eigenvalue weighted by atomic mass is 10.2. The molecule has 0 saturated carbocycles. The van der Waals surface area contributed by atoms with E-state index >= 15 is 0 Å². The normalized spacial score (nSPS) is 11.8. The molecule has 0 aliphatic heterocycles. The molecule has 2 aromatic heterocycles. The molecular formula is C11H12F3N5O. The summed E-state index contributed by atoms with van der Waals surface area (Å²) in [5, 5.41) is 9.05. The minimum atomic E-state index is -4.63. The Hall–Kier alpha value is -2.16. The van der Waals surface area contributed by atoms with Crippen molar-refractivity contribution in [1.82, 2.24) is 19.9 Å². The summed E-state index contributed by atoms with van der Waals surface area (Å²) in [7, 11) is 0. The lowest BCUT2D eigenvalue weighted by Crippen LogP contribution is -2.26. The van der Waals surface area contributed by atoms with Crippen LogP contribution in [0.4, 0.5) is 13.2 Å². The Morgan fingerprint density at radius 3 is 2.75 bits per heavy atom. The molecule has 0 saturated heterocycles. The van der Waals surface area contributed by atoms with Gasteiger partial charge in [-0.15, -0.1) is 10.2 Å². The highest BCUT2D eigenvalue weighted by molar-refractivity contribution is 5.94. The molecule has 0 aliphatic rings. The molecule has 0 fully saturated rings. The fourth-order valence-electron chi connectivity index (χ4n) is 1.62. The van der Waals surface area contributed by atoms with Gasteiger partial charge in [-0.05, 0) is 25.1 Å². The van der Waals surface area contributed by atoms with Crippen molar-refractivity contribution in [3.05, 3.63) is 29.7 Å². The molecule has 0 atom stereocenters. The third-order valence-corrected chi connectivity index (χ3v) is 2.58. The molecule has 0 spiro atoms. The zero-order valence-electron chi connectivity index (χ0n) is 10.3. The number of carbonyl (C=O) groups is 1. The second-order valence-electron chi connectivity index (χ2n) is 4.07. The third-order valence-electron chi connectivity index (χ3n) is 2.58. The van der Waals surface area contributed by atoms with E-state index in [1.54, 1.807) is 0 Å². The van der Waals surface area contributed by atoms with Crippen LogP contribution in [-0.4, -0.2) is 33.6 Å². The van der Waals surface area contributed by atoms with E-state index in [-0.39, 0.29) is 11.2 Å². The Balaban J connectivity index is 2.30. The number of alkyl halides is 3. The number of nitrogens with one attached hydrogen (secondary N) is 1. The summed E-state index contributed by atoms with van der Waals surface area (Å²) < 4.78 is 38.8. The van der Waals surface area contributed by atoms with Gasteiger partial charge in [-0.25, -0.2) is 0 Å². The number of hydrogen-bond acceptors (Lipinski definition) is 4. The first-order chi connectivity index (χ1) is 9.43. The van der Waals surface area contributed by atoms with Crippen molar-refractivity contribution in [3.8, 4) is 0 Å². The number of fused-ring (bicyclic) bond motifs is 1. The van der Waals surface area contributed by atoms with E-state index in [4.69, 9.17) is 5.73 Å². The van der Waals surface area contributed by atoms with Gasteiger partial charge in [-0.1, -0.05) is 0 Å². The quantitative estimate of drug-likeness (QED) is 0.815. The number of aromatic nitrogens is 3. The van der Waals surface area contributed by atoms with Gasteiger partial charge in [-0.2, -0.15) is 13.2 Å². The van der Waals surface area contributed by atoms with Gasteiger partial charge < -0.3 is 11.1 Å². The molecule has 6 nitrogen and oxygen atoms in total. The highest BCUT2D eigenvalue weighted by atomic mass is 19.4. The van der Waals surface area contributed by atoms with Gasteiger partial charge in [0.25, 0.3) is 5.91 Å². The van der Waals surface area contributed by atoms with Crippen LogP contribution in [0.15, 0.2) is 18.3 Å². The van der Waals surface area contributed by atoms with Gasteiger partial charge in [-0.3, -0.25) is 9.20 Å². The minimum absolute atomic E-state index is 0.0239. The van der Waals surface area contributed by atoms with Crippen LogP contribution in [0.2, 0.25) is 0 Å². The van der Waals surface area contributed by atoms with E-state index in [1.165, 1.54) is 12.1 Å². The Morgan fingerprint density at radius 2 is 2.10 bits per heavy atom. The van der Waals surface area contributed by atoms with E-state index in [0.29, 0.717) is 19.5 Å². The summed E-state index contributed by atoms with van der Waals surface area (Å²) in [5.74, 6) is -1.63. The Labute approximate surface area is 111 Å². The molecule has 0 unspecified atom stereocenters. The molecule has 20 heavy (non-hydrogen) atoms. The van der Waals surface area contributed by atoms with Crippen LogP contribution in [0.1, 0.15) is 22.6 Å². The van der Waals surface area contributed by atoms with Gasteiger partial charge in [0.05, 0.1) is 5.56 Å². The first-order valence-electron chi connectivity index (χ1n) is 5.83. The number of nitrogens with zero attached hydrogens (tertiary/aromatic N) is 3. The Kier molecular flexibility index (Phi) is 3.89. The van der Waals surface area contributed by atoms with Crippen LogP contribution in [0.3, 0.4) is 0 Å². The van der Waals surface area contributed by atoms with Crippen LogP contribution in [0.25, 0.3) is 5.65 Å². The first kappa shape index (κ1) is 14.3. The summed E-state index contributed by atoms with van der Waals surface area (Å²) in [5.41, 5.74) is 5.41. The lowest BCUT2D eigenvalue weighted by molar-refractivity contribution is -0.145. The predicted octanol–water partition coefficient (Wildman–Crippen LogP) is 0.827.